The maximum atomic E-state index is 14.0. The highest BCUT2D eigenvalue weighted by Crippen LogP contribution is 2.64. The summed E-state index contributed by atoms with van der Waals surface area (Å²) in [7, 11) is 1.88. The molecule has 0 bridgehead atoms. The lowest BCUT2D eigenvalue weighted by Crippen LogP contribution is -2.49. The van der Waals surface area contributed by atoms with Crippen molar-refractivity contribution in [1.82, 2.24) is 9.88 Å². The minimum atomic E-state index is -0.683. The van der Waals surface area contributed by atoms with Crippen LogP contribution >= 0.6 is 0 Å². The molecule has 1 aromatic heterocycles. The van der Waals surface area contributed by atoms with Crippen LogP contribution in [0.5, 0.6) is 0 Å². The zero-order chi connectivity index (χ0) is 26.6. The molecule has 6 heteroatoms. The first kappa shape index (κ1) is 24.4. The molecule has 2 heterocycles. The van der Waals surface area contributed by atoms with Crippen LogP contribution in [0.15, 0.2) is 71.2 Å². The van der Waals surface area contributed by atoms with Gasteiger partial charge in [-0.1, -0.05) is 36.4 Å². The van der Waals surface area contributed by atoms with Crippen LogP contribution in [0.3, 0.4) is 0 Å². The standard InChI is InChI=1S/C32H34N4O2/c1-19-18-33-21(3)27(19)22-10-12-24(13-11-22)34-31(38)29(35-30(37)26-14-9-20(2)36(26)4)28-25-8-6-5-7-23(25)17-32(28)15-16-32/h5-14,28-29H,15-18H2,1-4H3,(H,34,38)(H,35,37)/t28?,29-/m0/s1. The number of carbonyl (C=O) groups excluding carboxylic acids is 2. The van der Waals surface area contributed by atoms with Crippen LogP contribution in [-0.4, -0.2) is 34.7 Å². The van der Waals surface area contributed by atoms with Crippen molar-refractivity contribution in [2.24, 2.45) is 17.5 Å². The molecule has 2 atom stereocenters. The Hall–Kier alpha value is -3.93. The van der Waals surface area contributed by atoms with Crippen molar-refractivity contribution < 1.29 is 9.59 Å². The Morgan fingerprint density at radius 2 is 1.74 bits per heavy atom. The minimum absolute atomic E-state index is 0.0380. The molecule has 6 nitrogen and oxygen atoms in total. The fourth-order valence-corrected chi connectivity index (χ4v) is 6.46. The van der Waals surface area contributed by atoms with Gasteiger partial charge in [0.25, 0.3) is 5.91 Å². The molecule has 2 aromatic carbocycles. The van der Waals surface area contributed by atoms with Crippen LogP contribution in [-0.2, 0) is 18.3 Å². The highest BCUT2D eigenvalue weighted by atomic mass is 16.2. The van der Waals surface area contributed by atoms with Gasteiger partial charge in [0.15, 0.2) is 0 Å². The maximum Gasteiger partial charge on any atom is 0.268 e. The first-order valence-electron chi connectivity index (χ1n) is 13.4. The molecule has 3 aliphatic rings. The second-order valence-electron chi connectivity index (χ2n) is 11.2. The van der Waals surface area contributed by atoms with Crippen LogP contribution < -0.4 is 10.6 Å². The Balaban J connectivity index is 1.30. The number of allylic oxidation sites excluding steroid dienone is 1. The summed E-state index contributed by atoms with van der Waals surface area (Å²) in [5, 5.41) is 6.28. The third-order valence-corrected chi connectivity index (χ3v) is 8.78. The van der Waals surface area contributed by atoms with Gasteiger partial charge in [-0.3, -0.25) is 14.6 Å². The van der Waals surface area contributed by atoms with Gasteiger partial charge in [0.2, 0.25) is 5.91 Å². The smallest absolute Gasteiger partial charge is 0.268 e. The van der Waals surface area contributed by atoms with Crippen molar-refractivity contribution in [2.45, 2.75) is 52.0 Å². The largest absolute Gasteiger partial charge is 0.344 e. The lowest BCUT2D eigenvalue weighted by atomic mass is 9.82. The molecule has 3 aromatic rings. The number of fused-ring (bicyclic) bond motifs is 1. The van der Waals surface area contributed by atoms with Crippen molar-refractivity contribution in [2.75, 3.05) is 11.9 Å². The van der Waals surface area contributed by atoms with E-state index in [1.165, 1.54) is 22.3 Å². The summed E-state index contributed by atoms with van der Waals surface area (Å²) in [4.78, 5) is 32.0. The fourth-order valence-electron chi connectivity index (χ4n) is 6.46. The molecule has 1 fully saturated rings. The first-order chi connectivity index (χ1) is 18.3. The van der Waals surface area contributed by atoms with E-state index >= 15 is 0 Å². The highest BCUT2D eigenvalue weighted by molar-refractivity contribution is 6.25. The third kappa shape index (κ3) is 4.08. The van der Waals surface area contributed by atoms with Gasteiger partial charge in [0, 0.05) is 35.6 Å². The molecule has 1 spiro atoms. The van der Waals surface area contributed by atoms with Crippen molar-refractivity contribution in [3.8, 4) is 0 Å². The van der Waals surface area contributed by atoms with E-state index in [0.29, 0.717) is 5.69 Å². The molecular weight excluding hydrogens is 472 g/mol. The van der Waals surface area contributed by atoms with E-state index in [4.69, 9.17) is 0 Å². The van der Waals surface area contributed by atoms with Crippen LogP contribution in [0.4, 0.5) is 5.69 Å². The summed E-state index contributed by atoms with van der Waals surface area (Å²) < 4.78 is 1.86. The zero-order valence-electron chi connectivity index (χ0n) is 22.5. The van der Waals surface area contributed by atoms with Gasteiger partial charge in [-0.25, -0.2) is 0 Å². The molecule has 1 aliphatic heterocycles. The molecule has 2 amide bonds. The second-order valence-corrected chi connectivity index (χ2v) is 11.2. The van der Waals surface area contributed by atoms with Gasteiger partial charge in [-0.05, 0) is 92.0 Å². The Morgan fingerprint density at radius 1 is 1.00 bits per heavy atom. The number of rotatable bonds is 6. The quantitative estimate of drug-likeness (QED) is 0.467. The molecule has 0 saturated heterocycles. The van der Waals surface area contributed by atoms with E-state index in [1.54, 1.807) is 0 Å². The van der Waals surface area contributed by atoms with Crippen LogP contribution in [0.1, 0.15) is 65.5 Å². The van der Waals surface area contributed by atoms with Gasteiger partial charge >= 0.3 is 0 Å². The summed E-state index contributed by atoms with van der Waals surface area (Å²) in [6, 6.07) is 19.4. The number of hydrogen-bond donors (Lipinski definition) is 2. The van der Waals surface area contributed by atoms with Crippen LogP contribution in [0.25, 0.3) is 5.57 Å². The number of aryl methyl sites for hydroxylation is 1. The van der Waals surface area contributed by atoms with Gasteiger partial charge in [-0.2, -0.15) is 0 Å². The fraction of sp³-hybridized carbons (Fsp3) is 0.344. The van der Waals surface area contributed by atoms with Crippen molar-refractivity contribution in [3.63, 3.8) is 0 Å². The first-order valence-corrected chi connectivity index (χ1v) is 13.4. The minimum Gasteiger partial charge on any atom is -0.344 e. The number of carbonyl (C=O) groups is 2. The van der Waals surface area contributed by atoms with Crippen molar-refractivity contribution in [1.29, 1.82) is 0 Å². The summed E-state index contributed by atoms with van der Waals surface area (Å²) in [6.07, 6.45) is 3.10. The summed E-state index contributed by atoms with van der Waals surface area (Å²) in [5.41, 5.74) is 9.37. The van der Waals surface area contributed by atoms with E-state index in [0.717, 1.165) is 48.5 Å². The molecule has 2 N–H and O–H groups in total. The maximum absolute atomic E-state index is 14.0. The van der Waals surface area contributed by atoms with E-state index in [-0.39, 0.29) is 23.1 Å². The molecule has 194 valence electrons. The Morgan fingerprint density at radius 3 is 2.37 bits per heavy atom. The summed E-state index contributed by atoms with van der Waals surface area (Å²) in [6.45, 7) is 6.86. The van der Waals surface area contributed by atoms with E-state index in [1.807, 2.05) is 67.9 Å². The van der Waals surface area contributed by atoms with Gasteiger partial charge in [-0.15, -0.1) is 0 Å². The second kappa shape index (κ2) is 9.12. The molecule has 1 saturated carbocycles. The number of anilines is 1. The molecule has 38 heavy (non-hydrogen) atoms. The number of hydrogen-bond acceptors (Lipinski definition) is 3. The number of amides is 2. The number of benzene rings is 2. The Labute approximate surface area is 223 Å². The number of nitrogens with one attached hydrogen (secondary N) is 2. The van der Waals surface area contributed by atoms with Gasteiger partial charge in [0.1, 0.15) is 11.7 Å². The van der Waals surface area contributed by atoms with Crippen LogP contribution in [0.2, 0.25) is 0 Å². The zero-order valence-corrected chi connectivity index (χ0v) is 22.5. The average molecular weight is 507 g/mol. The van der Waals surface area contributed by atoms with E-state index in [2.05, 4.69) is 40.7 Å². The summed E-state index contributed by atoms with van der Waals surface area (Å²) >= 11 is 0. The Bertz CT molecular complexity index is 1500. The van der Waals surface area contributed by atoms with E-state index in [9.17, 15) is 9.59 Å². The Kier molecular flexibility index (Phi) is 5.86. The van der Waals surface area contributed by atoms with Gasteiger partial charge in [0.05, 0.1) is 6.54 Å². The molecule has 1 unspecified atom stereocenters. The molecule has 6 rings (SSSR count). The van der Waals surface area contributed by atoms with E-state index < -0.39 is 6.04 Å². The number of nitrogens with zero attached hydrogens (tertiary/aromatic N) is 2. The predicted molar refractivity (Wildman–Crippen MR) is 152 cm³/mol. The number of aromatic nitrogens is 1. The third-order valence-electron chi connectivity index (χ3n) is 8.78. The van der Waals surface area contributed by atoms with Crippen molar-refractivity contribution in [3.05, 3.63) is 94.3 Å². The highest BCUT2D eigenvalue weighted by Gasteiger charge is 2.58. The average Bonchev–Trinajstić information content (AvgIpc) is 3.32. The molecule has 0 radical (unpaired) electrons. The van der Waals surface area contributed by atoms with Gasteiger partial charge < -0.3 is 15.2 Å². The normalized spacial score (nSPS) is 19.8. The number of aliphatic imine (C=N–C) groups is 1. The lowest BCUT2D eigenvalue weighted by molar-refractivity contribution is -0.118. The monoisotopic (exact) mass is 506 g/mol. The topological polar surface area (TPSA) is 75.5 Å². The van der Waals surface area contributed by atoms with Crippen molar-refractivity contribution >= 4 is 28.8 Å². The SMILES string of the molecule is CC1=NCC(C)=C1c1ccc(NC(=O)[C@@H](NC(=O)c2ccc(C)n2C)C2c3ccccc3CC23CC3)cc1. The summed E-state index contributed by atoms with van der Waals surface area (Å²) in [5.74, 6) is -0.470. The lowest BCUT2D eigenvalue weighted by Gasteiger charge is -2.30. The predicted octanol–water partition coefficient (Wildman–Crippen LogP) is 5.44. The van der Waals surface area contributed by atoms with Crippen LogP contribution in [0, 0.1) is 12.3 Å². The molecular formula is C32H34N4O2. The molecule has 2 aliphatic carbocycles.